The van der Waals surface area contributed by atoms with Crippen LogP contribution in [-0.4, -0.2) is 27.2 Å². The molecule has 0 spiro atoms. The summed E-state index contributed by atoms with van der Waals surface area (Å²) in [6.07, 6.45) is 0.198. The molecule has 0 aliphatic carbocycles. The number of hydrogen-bond acceptors (Lipinski definition) is 3. The van der Waals surface area contributed by atoms with Gasteiger partial charge in [0.2, 0.25) is 0 Å². The van der Waals surface area contributed by atoms with E-state index in [1.54, 1.807) is 0 Å². The van der Waals surface area contributed by atoms with E-state index in [2.05, 4.69) is 28.4 Å². The zero-order valence-corrected chi connectivity index (χ0v) is 10.9. The van der Waals surface area contributed by atoms with Gasteiger partial charge in [0.25, 0.3) is 0 Å². The first kappa shape index (κ1) is 12.8. The molecule has 0 bridgehead atoms. The van der Waals surface area contributed by atoms with E-state index in [0.717, 1.165) is 18.0 Å². The minimum atomic E-state index is 0.198. The molecule has 0 aliphatic rings. The molecule has 3 heteroatoms. The van der Waals surface area contributed by atoms with Crippen molar-refractivity contribution in [3.8, 4) is 5.75 Å². The monoisotopic (exact) mass is 222 g/mol. The molecule has 1 N–H and O–H groups in total. The van der Waals surface area contributed by atoms with Gasteiger partial charge in [-0.3, -0.25) is 0 Å². The van der Waals surface area contributed by atoms with Crippen LogP contribution in [0.5, 0.6) is 5.75 Å². The Morgan fingerprint density at radius 2 is 2.00 bits per heavy atom. The molecule has 1 rings (SSSR count). The maximum Gasteiger partial charge on any atom is 0.143 e. The zero-order valence-electron chi connectivity index (χ0n) is 10.9. The molecule has 0 fully saturated rings. The van der Waals surface area contributed by atoms with Crippen molar-refractivity contribution in [3.63, 3.8) is 0 Å². The number of ether oxygens (including phenoxy) is 1. The average Bonchev–Trinajstić information content (AvgIpc) is 2.16. The van der Waals surface area contributed by atoms with Crippen LogP contribution < -0.4 is 15.0 Å². The van der Waals surface area contributed by atoms with Gasteiger partial charge in [0.1, 0.15) is 5.75 Å². The van der Waals surface area contributed by atoms with Crippen LogP contribution in [0.15, 0.2) is 18.2 Å². The lowest BCUT2D eigenvalue weighted by atomic mass is 10.1. The number of hydrogen-bond donors (Lipinski definition) is 1. The Hall–Kier alpha value is -1.22. The van der Waals surface area contributed by atoms with Crippen LogP contribution in [0.2, 0.25) is 0 Å². The summed E-state index contributed by atoms with van der Waals surface area (Å²) in [6, 6.07) is 6.33. The Labute approximate surface area is 98.4 Å². The molecule has 0 atom stereocenters. The van der Waals surface area contributed by atoms with Crippen molar-refractivity contribution in [2.75, 3.05) is 26.0 Å². The van der Waals surface area contributed by atoms with Gasteiger partial charge in [0, 0.05) is 20.6 Å². The molecule has 0 unspecified atom stereocenters. The maximum atomic E-state index is 5.82. The fraction of sp³-hybridized carbons (Fsp3) is 0.538. The van der Waals surface area contributed by atoms with Gasteiger partial charge in [-0.2, -0.15) is 0 Å². The summed E-state index contributed by atoms with van der Waals surface area (Å²) >= 11 is 0. The van der Waals surface area contributed by atoms with Gasteiger partial charge in [-0.1, -0.05) is 6.07 Å². The third-order valence-electron chi connectivity index (χ3n) is 2.25. The Morgan fingerprint density at radius 3 is 2.50 bits per heavy atom. The quantitative estimate of drug-likeness (QED) is 0.827. The van der Waals surface area contributed by atoms with Gasteiger partial charge in [-0.05, 0) is 38.6 Å². The number of benzene rings is 1. The van der Waals surface area contributed by atoms with Crippen molar-refractivity contribution >= 4 is 5.69 Å². The minimum Gasteiger partial charge on any atom is -0.489 e. The largest absolute Gasteiger partial charge is 0.489 e. The summed E-state index contributed by atoms with van der Waals surface area (Å²) in [4.78, 5) is 2.07. The highest BCUT2D eigenvalue weighted by atomic mass is 16.5. The first-order valence-electron chi connectivity index (χ1n) is 5.66. The van der Waals surface area contributed by atoms with E-state index >= 15 is 0 Å². The van der Waals surface area contributed by atoms with Crippen molar-refractivity contribution in [2.24, 2.45) is 0 Å². The van der Waals surface area contributed by atoms with E-state index < -0.39 is 0 Å². The molecule has 3 nitrogen and oxygen atoms in total. The molecule has 1 aromatic rings. The van der Waals surface area contributed by atoms with Crippen LogP contribution in [0.4, 0.5) is 5.69 Å². The van der Waals surface area contributed by atoms with Gasteiger partial charge in [0.05, 0.1) is 11.8 Å². The molecule has 1 aromatic carbocycles. The predicted molar refractivity (Wildman–Crippen MR) is 69.3 cm³/mol. The molecule has 0 saturated heterocycles. The summed E-state index contributed by atoms with van der Waals surface area (Å²) in [5.41, 5.74) is 2.36. The van der Waals surface area contributed by atoms with E-state index in [-0.39, 0.29) is 6.10 Å². The van der Waals surface area contributed by atoms with Crippen molar-refractivity contribution < 1.29 is 4.74 Å². The number of rotatable bonds is 5. The van der Waals surface area contributed by atoms with Crippen LogP contribution in [0.1, 0.15) is 19.4 Å². The number of nitrogens with one attached hydrogen (secondary N) is 1. The fourth-order valence-corrected chi connectivity index (χ4v) is 1.59. The normalized spacial score (nSPS) is 10.6. The van der Waals surface area contributed by atoms with Gasteiger partial charge in [-0.15, -0.1) is 0 Å². The van der Waals surface area contributed by atoms with Crippen LogP contribution in [-0.2, 0) is 6.54 Å². The minimum absolute atomic E-state index is 0.198. The van der Waals surface area contributed by atoms with Crippen LogP contribution >= 0.6 is 0 Å². The second-order valence-electron chi connectivity index (χ2n) is 4.39. The Kier molecular flexibility index (Phi) is 4.62. The molecule has 90 valence electrons. The predicted octanol–water partition coefficient (Wildman–Crippen LogP) is 2.26. The summed E-state index contributed by atoms with van der Waals surface area (Å²) < 4.78 is 5.82. The standard InChI is InChI=1S/C13H22N2O/c1-10(2)16-13-8-11(9-14-3)6-7-12(13)15(4)5/h6-8,10,14H,9H2,1-5H3. The van der Waals surface area contributed by atoms with Gasteiger partial charge >= 0.3 is 0 Å². The van der Waals surface area contributed by atoms with Crippen molar-refractivity contribution in [1.82, 2.24) is 5.32 Å². The van der Waals surface area contributed by atoms with Crippen molar-refractivity contribution in [2.45, 2.75) is 26.5 Å². The van der Waals surface area contributed by atoms with E-state index in [9.17, 15) is 0 Å². The maximum absolute atomic E-state index is 5.82. The van der Waals surface area contributed by atoms with E-state index in [4.69, 9.17) is 4.74 Å². The number of anilines is 1. The molecular weight excluding hydrogens is 200 g/mol. The summed E-state index contributed by atoms with van der Waals surface area (Å²) in [5.74, 6) is 0.952. The van der Waals surface area contributed by atoms with Crippen LogP contribution in [0, 0.1) is 0 Å². The van der Waals surface area contributed by atoms with Crippen molar-refractivity contribution in [3.05, 3.63) is 23.8 Å². The highest BCUT2D eigenvalue weighted by Gasteiger charge is 2.08. The SMILES string of the molecule is CNCc1ccc(N(C)C)c(OC(C)C)c1. The lowest BCUT2D eigenvalue weighted by Crippen LogP contribution is -2.14. The molecule has 0 amide bonds. The van der Waals surface area contributed by atoms with Crippen molar-refractivity contribution in [1.29, 1.82) is 0 Å². The van der Waals surface area contributed by atoms with E-state index in [1.165, 1.54) is 5.56 Å². The molecule has 0 aromatic heterocycles. The van der Waals surface area contributed by atoms with E-state index in [0.29, 0.717) is 0 Å². The third kappa shape index (κ3) is 3.42. The number of nitrogens with zero attached hydrogens (tertiary/aromatic N) is 1. The first-order valence-corrected chi connectivity index (χ1v) is 5.66. The second kappa shape index (κ2) is 5.75. The first-order chi connectivity index (χ1) is 7.54. The highest BCUT2D eigenvalue weighted by Crippen LogP contribution is 2.29. The Bertz CT molecular complexity index is 335. The van der Waals surface area contributed by atoms with Gasteiger partial charge < -0.3 is 15.0 Å². The lowest BCUT2D eigenvalue weighted by molar-refractivity contribution is 0.243. The molecule has 0 saturated carbocycles. The Morgan fingerprint density at radius 1 is 1.31 bits per heavy atom. The molecule has 0 radical (unpaired) electrons. The highest BCUT2D eigenvalue weighted by molar-refractivity contribution is 5.59. The molecule has 0 aliphatic heterocycles. The van der Waals surface area contributed by atoms with Gasteiger partial charge in [0.15, 0.2) is 0 Å². The van der Waals surface area contributed by atoms with Gasteiger partial charge in [-0.25, -0.2) is 0 Å². The summed E-state index contributed by atoms with van der Waals surface area (Å²) in [7, 11) is 6.00. The summed E-state index contributed by atoms with van der Waals surface area (Å²) in [5, 5.41) is 3.14. The van der Waals surface area contributed by atoms with Crippen LogP contribution in [0.3, 0.4) is 0 Å². The fourth-order valence-electron chi connectivity index (χ4n) is 1.59. The molecular formula is C13H22N2O. The van der Waals surface area contributed by atoms with Crippen LogP contribution in [0.25, 0.3) is 0 Å². The molecule has 16 heavy (non-hydrogen) atoms. The smallest absolute Gasteiger partial charge is 0.143 e. The second-order valence-corrected chi connectivity index (χ2v) is 4.39. The molecule has 0 heterocycles. The lowest BCUT2D eigenvalue weighted by Gasteiger charge is -2.20. The third-order valence-corrected chi connectivity index (χ3v) is 2.25. The zero-order chi connectivity index (χ0) is 12.1. The Balaban J connectivity index is 3.00. The average molecular weight is 222 g/mol. The van der Waals surface area contributed by atoms with E-state index in [1.807, 2.05) is 35.0 Å². The summed E-state index contributed by atoms with van der Waals surface area (Å²) in [6.45, 7) is 4.95. The topological polar surface area (TPSA) is 24.5 Å².